The molecule has 0 spiro atoms. The summed E-state index contributed by atoms with van der Waals surface area (Å²) in [6.07, 6.45) is 1.54. The van der Waals surface area contributed by atoms with Crippen molar-refractivity contribution in [2.45, 2.75) is 53.5 Å². The number of carbonyl (C=O) groups is 1. The maximum Gasteiger partial charge on any atom is 0.227 e. The van der Waals surface area contributed by atoms with Gasteiger partial charge in [-0.25, -0.2) is 0 Å². The molecule has 0 aromatic heterocycles. The molecule has 0 aliphatic carbocycles. The second-order valence-corrected chi connectivity index (χ2v) is 5.81. The van der Waals surface area contributed by atoms with E-state index < -0.39 is 5.41 Å². The van der Waals surface area contributed by atoms with E-state index in [1.54, 1.807) is 0 Å². The smallest absolute Gasteiger partial charge is 0.227 e. The van der Waals surface area contributed by atoms with Gasteiger partial charge in [0.1, 0.15) is 0 Å². The van der Waals surface area contributed by atoms with Crippen molar-refractivity contribution in [2.24, 2.45) is 11.1 Å². The van der Waals surface area contributed by atoms with Gasteiger partial charge in [0, 0.05) is 6.54 Å². The van der Waals surface area contributed by atoms with E-state index in [0.29, 0.717) is 6.54 Å². The summed E-state index contributed by atoms with van der Waals surface area (Å²) >= 11 is 0. The van der Waals surface area contributed by atoms with Gasteiger partial charge in [0.05, 0.1) is 11.5 Å². The molecule has 1 aromatic carbocycles. The first-order chi connectivity index (χ1) is 9.38. The standard InChI is InChI=1S/C17H28N2O.ClH/c1-6-17(7-2,11-18)16(20)19-14(5)15-9-12(3)8-13(4)10-15;/h8-10,14H,6-7,11,18H2,1-5H3,(H,19,20);1H. The van der Waals surface area contributed by atoms with Crippen molar-refractivity contribution in [3.8, 4) is 0 Å². The predicted octanol–water partition coefficient (Wildman–Crippen LogP) is 3.67. The fraction of sp³-hybridized carbons (Fsp3) is 0.588. The van der Waals surface area contributed by atoms with Crippen molar-refractivity contribution in [3.63, 3.8) is 0 Å². The number of nitrogens with one attached hydrogen (secondary N) is 1. The zero-order valence-electron chi connectivity index (χ0n) is 13.8. The Kier molecular flexibility index (Phi) is 7.98. The lowest BCUT2D eigenvalue weighted by molar-refractivity contribution is -0.131. The van der Waals surface area contributed by atoms with E-state index in [1.165, 1.54) is 11.1 Å². The Morgan fingerprint density at radius 1 is 1.19 bits per heavy atom. The normalized spacial score (nSPS) is 12.5. The fourth-order valence-electron chi connectivity index (χ4n) is 2.65. The van der Waals surface area contributed by atoms with Gasteiger partial charge < -0.3 is 11.1 Å². The fourth-order valence-corrected chi connectivity index (χ4v) is 2.65. The molecule has 0 bridgehead atoms. The van der Waals surface area contributed by atoms with Gasteiger partial charge in [-0.05, 0) is 39.2 Å². The van der Waals surface area contributed by atoms with Crippen LogP contribution in [-0.4, -0.2) is 12.5 Å². The summed E-state index contributed by atoms with van der Waals surface area (Å²) in [4.78, 5) is 12.5. The van der Waals surface area contributed by atoms with Crippen LogP contribution in [0.15, 0.2) is 18.2 Å². The van der Waals surface area contributed by atoms with Gasteiger partial charge in [-0.3, -0.25) is 4.79 Å². The molecule has 0 aliphatic rings. The Hall–Kier alpha value is -1.06. The molecule has 4 heteroatoms. The molecule has 1 atom stereocenters. The number of carbonyl (C=O) groups excluding carboxylic acids is 1. The number of hydrogen-bond donors (Lipinski definition) is 2. The lowest BCUT2D eigenvalue weighted by Crippen LogP contribution is -2.46. The number of amides is 1. The van der Waals surface area contributed by atoms with E-state index in [2.05, 4.69) is 37.4 Å². The third-order valence-electron chi connectivity index (χ3n) is 4.32. The van der Waals surface area contributed by atoms with Crippen LogP contribution < -0.4 is 11.1 Å². The van der Waals surface area contributed by atoms with Gasteiger partial charge in [0.15, 0.2) is 0 Å². The van der Waals surface area contributed by atoms with E-state index in [0.717, 1.165) is 18.4 Å². The van der Waals surface area contributed by atoms with E-state index in [1.807, 2.05) is 20.8 Å². The topological polar surface area (TPSA) is 55.1 Å². The monoisotopic (exact) mass is 312 g/mol. The summed E-state index contributed by atoms with van der Waals surface area (Å²) < 4.78 is 0. The number of nitrogens with two attached hydrogens (primary N) is 1. The van der Waals surface area contributed by atoms with Crippen LogP contribution in [0.1, 0.15) is 56.3 Å². The van der Waals surface area contributed by atoms with Crippen molar-refractivity contribution in [1.82, 2.24) is 5.32 Å². The van der Waals surface area contributed by atoms with Crippen molar-refractivity contribution in [2.75, 3.05) is 6.54 Å². The Bertz CT molecular complexity index is 441. The van der Waals surface area contributed by atoms with Gasteiger partial charge in [0.2, 0.25) is 5.91 Å². The summed E-state index contributed by atoms with van der Waals surface area (Å²) in [6, 6.07) is 6.39. The molecule has 0 heterocycles. The third kappa shape index (κ3) is 4.72. The van der Waals surface area contributed by atoms with E-state index in [-0.39, 0.29) is 24.4 Å². The zero-order valence-corrected chi connectivity index (χ0v) is 14.6. The highest BCUT2D eigenvalue weighted by atomic mass is 35.5. The van der Waals surface area contributed by atoms with Crippen molar-refractivity contribution < 1.29 is 4.79 Å². The summed E-state index contributed by atoms with van der Waals surface area (Å²) in [5.74, 6) is 0.0664. The summed E-state index contributed by atoms with van der Waals surface area (Å²) in [5.41, 5.74) is 8.98. The lowest BCUT2D eigenvalue weighted by atomic mass is 9.81. The van der Waals surface area contributed by atoms with Crippen LogP contribution in [0.2, 0.25) is 0 Å². The largest absolute Gasteiger partial charge is 0.349 e. The molecule has 120 valence electrons. The van der Waals surface area contributed by atoms with E-state index >= 15 is 0 Å². The van der Waals surface area contributed by atoms with Gasteiger partial charge in [-0.1, -0.05) is 43.2 Å². The maximum atomic E-state index is 12.5. The Morgan fingerprint density at radius 2 is 1.67 bits per heavy atom. The first kappa shape index (κ1) is 19.9. The SMILES string of the molecule is CCC(CC)(CN)C(=O)NC(C)c1cc(C)cc(C)c1.Cl. The first-order valence-electron chi connectivity index (χ1n) is 7.47. The molecule has 0 aliphatic heterocycles. The van der Waals surface area contributed by atoms with Crippen LogP contribution in [0.25, 0.3) is 0 Å². The highest BCUT2D eigenvalue weighted by Gasteiger charge is 2.34. The van der Waals surface area contributed by atoms with Crippen LogP contribution in [0.3, 0.4) is 0 Å². The molecule has 1 rings (SSSR count). The van der Waals surface area contributed by atoms with Crippen LogP contribution in [0, 0.1) is 19.3 Å². The Morgan fingerprint density at radius 3 is 2.05 bits per heavy atom. The predicted molar refractivity (Wildman–Crippen MR) is 91.8 cm³/mol. The molecule has 1 amide bonds. The van der Waals surface area contributed by atoms with Crippen LogP contribution in [0.4, 0.5) is 0 Å². The number of hydrogen-bond acceptors (Lipinski definition) is 2. The average molecular weight is 313 g/mol. The average Bonchev–Trinajstić information content (AvgIpc) is 2.40. The third-order valence-corrected chi connectivity index (χ3v) is 4.32. The van der Waals surface area contributed by atoms with Crippen LogP contribution in [-0.2, 0) is 4.79 Å². The van der Waals surface area contributed by atoms with Gasteiger partial charge in [-0.2, -0.15) is 0 Å². The molecule has 3 nitrogen and oxygen atoms in total. The van der Waals surface area contributed by atoms with Gasteiger partial charge in [-0.15, -0.1) is 12.4 Å². The highest BCUT2D eigenvalue weighted by Crippen LogP contribution is 2.27. The molecule has 0 radical (unpaired) electrons. The molecule has 0 saturated carbocycles. The summed E-state index contributed by atoms with van der Waals surface area (Å²) in [5, 5.41) is 3.13. The second-order valence-electron chi connectivity index (χ2n) is 5.81. The maximum absolute atomic E-state index is 12.5. The minimum absolute atomic E-state index is 0. The van der Waals surface area contributed by atoms with Gasteiger partial charge >= 0.3 is 0 Å². The van der Waals surface area contributed by atoms with E-state index in [9.17, 15) is 4.79 Å². The second kappa shape index (κ2) is 8.40. The molecular formula is C17H29ClN2O. The minimum atomic E-state index is -0.437. The van der Waals surface area contributed by atoms with Crippen molar-refractivity contribution >= 4 is 18.3 Å². The molecule has 3 N–H and O–H groups in total. The number of benzene rings is 1. The summed E-state index contributed by atoms with van der Waals surface area (Å²) in [6.45, 7) is 10.6. The molecule has 1 aromatic rings. The summed E-state index contributed by atoms with van der Waals surface area (Å²) in [7, 11) is 0. The van der Waals surface area contributed by atoms with Crippen LogP contribution >= 0.6 is 12.4 Å². The molecular weight excluding hydrogens is 284 g/mol. The molecule has 0 fully saturated rings. The number of aryl methyl sites for hydroxylation is 2. The van der Waals surface area contributed by atoms with Crippen molar-refractivity contribution in [1.29, 1.82) is 0 Å². The number of rotatable bonds is 6. The Balaban J connectivity index is 0.00000400. The Labute approximate surface area is 135 Å². The number of halogens is 1. The molecule has 21 heavy (non-hydrogen) atoms. The first-order valence-corrected chi connectivity index (χ1v) is 7.47. The van der Waals surface area contributed by atoms with Crippen LogP contribution in [0.5, 0.6) is 0 Å². The minimum Gasteiger partial charge on any atom is -0.349 e. The lowest BCUT2D eigenvalue weighted by Gasteiger charge is -2.30. The quantitative estimate of drug-likeness (QED) is 0.842. The van der Waals surface area contributed by atoms with Crippen molar-refractivity contribution in [3.05, 3.63) is 34.9 Å². The van der Waals surface area contributed by atoms with E-state index in [4.69, 9.17) is 5.73 Å². The zero-order chi connectivity index (χ0) is 15.3. The highest BCUT2D eigenvalue weighted by molar-refractivity contribution is 5.85. The molecule has 0 saturated heterocycles. The molecule has 1 unspecified atom stereocenters. The van der Waals surface area contributed by atoms with Gasteiger partial charge in [0.25, 0.3) is 0 Å².